The molecule has 17 atom stereocenters. The molecule has 0 saturated carbocycles. The van der Waals surface area contributed by atoms with Crippen molar-refractivity contribution in [2.45, 2.75) is 336 Å². The molecule has 19 nitrogen and oxygen atoms in total. The summed E-state index contributed by atoms with van der Waals surface area (Å²) in [5.74, 6) is -0.285. The van der Waals surface area contributed by atoms with Crippen LogP contribution in [0.4, 0.5) is 0 Å². The van der Waals surface area contributed by atoms with Gasteiger partial charge in [0.15, 0.2) is 18.9 Å². The molecular formula is C74H127NO18. The van der Waals surface area contributed by atoms with E-state index in [0.717, 1.165) is 103 Å². The quantitative estimate of drug-likeness (QED) is 0.0199. The molecule has 536 valence electrons. The molecule has 1 amide bonds. The zero-order valence-corrected chi connectivity index (χ0v) is 56.7. The Hall–Kier alpha value is -3.29. The summed E-state index contributed by atoms with van der Waals surface area (Å²) in [5, 5.41) is 121. The molecule has 19 heteroatoms. The molecule has 3 aliphatic heterocycles. The number of nitrogens with one attached hydrogen (secondary N) is 1. The van der Waals surface area contributed by atoms with Crippen LogP contribution in [0, 0.1) is 0 Å². The summed E-state index contributed by atoms with van der Waals surface area (Å²) >= 11 is 0. The average Bonchev–Trinajstić information content (AvgIpc) is 0.900. The van der Waals surface area contributed by atoms with Crippen LogP contribution in [0.5, 0.6) is 0 Å². The molecule has 0 bridgehead atoms. The van der Waals surface area contributed by atoms with Crippen molar-refractivity contribution in [1.82, 2.24) is 5.32 Å². The zero-order chi connectivity index (χ0) is 67.5. The summed E-state index contributed by atoms with van der Waals surface area (Å²) in [6.45, 7) is 1.61. The molecule has 0 aromatic rings. The second kappa shape index (κ2) is 54.7. The van der Waals surface area contributed by atoms with Crippen LogP contribution in [0.15, 0.2) is 97.2 Å². The zero-order valence-electron chi connectivity index (χ0n) is 56.7. The van der Waals surface area contributed by atoms with Gasteiger partial charge in [-0.15, -0.1) is 0 Å². The van der Waals surface area contributed by atoms with Crippen molar-refractivity contribution in [3.05, 3.63) is 97.2 Å². The molecule has 0 spiro atoms. The number of carbonyl (C=O) groups excluding carboxylic acids is 1. The number of rotatable bonds is 54. The molecule has 3 fully saturated rings. The third-order valence-electron chi connectivity index (χ3n) is 17.4. The minimum absolute atomic E-state index is 0.230. The van der Waals surface area contributed by atoms with Crippen LogP contribution in [0.1, 0.15) is 232 Å². The molecular weight excluding hydrogens is 1190 g/mol. The number of aliphatic hydroxyl groups is 11. The Balaban J connectivity index is 1.41. The lowest BCUT2D eigenvalue weighted by molar-refractivity contribution is -0.379. The summed E-state index contributed by atoms with van der Waals surface area (Å²) in [5.41, 5.74) is 0. The molecule has 0 radical (unpaired) electrons. The number of carbonyl (C=O) groups is 1. The van der Waals surface area contributed by atoms with Crippen molar-refractivity contribution in [3.8, 4) is 0 Å². The van der Waals surface area contributed by atoms with Gasteiger partial charge in [0.1, 0.15) is 73.2 Å². The van der Waals surface area contributed by atoms with Crippen LogP contribution in [0.2, 0.25) is 0 Å². The van der Waals surface area contributed by atoms with Crippen LogP contribution >= 0.6 is 0 Å². The Morgan fingerprint density at radius 1 is 0.398 bits per heavy atom. The van der Waals surface area contributed by atoms with Gasteiger partial charge in [-0.3, -0.25) is 4.79 Å². The van der Waals surface area contributed by atoms with Crippen LogP contribution in [-0.4, -0.2) is 193 Å². The normalized spacial score (nSPS) is 28.1. The topological polar surface area (TPSA) is 307 Å². The first-order valence-electron chi connectivity index (χ1n) is 36.0. The second-order valence-electron chi connectivity index (χ2n) is 25.3. The average molecular weight is 1320 g/mol. The number of aliphatic hydroxyl groups excluding tert-OH is 11. The Morgan fingerprint density at radius 3 is 1.16 bits per heavy atom. The smallest absolute Gasteiger partial charge is 0.220 e. The fraction of sp³-hybridized carbons (Fsp3) is 0.770. The van der Waals surface area contributed by atoms with Gasteiger partial charge in [-0.05, 0) is 77.0 Å². The molecule has 17 unspecified atom stereocenters. The van der Waals surface area contributed by atoms with E-state index in [1.54, 1.807) is 6.08 Å². The standard InChI is InChI=1S/C74H127NO18/c1-3-5-7-9-11-13-15-17-19-21-22-23-24-25-26-27-28-29-30-31-32-33-34-36-38-40-42-44-46-48-50-52-62(80)75-57(58(79)51-49-47-45-43-41-39-37-35-20-18-16-14-12-10-8-6-4-2)56-88-72-68(86)65(83)70(60(54-77)90-72)93-74-69(87)66(84)71(61(55-78)91-74)92-73-67(85)64(82)63(81)59(53-76)89-73/h5,7,11,13,17,19,22-23,25-26,28-29,31-32,49,51,57-61,63-74,76-79,81-87H,3-4,6,8-10,12,14-16,18,20-21,24,27,30,33-48,50,52-56H2,1-2H3,(H,75,80)/b7-5-,13-11-,19-17-,23-22-,26-25-,29-28-,32-31-,51-49+. The molecule has 93 heavy (non-hydrogen) atoms. The van der Waals surface area contributed by atoms with E-state index < -0.39 is 124 Å². The highest BCUT2D eigenvalue weighted by Gasteiger charge is 2.53. The predicted molar refractivity (Wildman–Crippen MR) is 364 cm³/mol. The van der Waals surface area contributed by atoms with Crippen molar-refractivity contribution in [1.29, 1.82) is 0 Å². The van der Waals surface area contributed by atoms with E-state index in [1.807, 2.05) is 6.08 Å². The Bertz CT molecular complexity index is 2060. The fourth-order valence-corrected chi connectivity index (χ4v) is 11.6. The summed E-state index contributed by atoms with van der Waals surface area (Å²) in [6.07, 6.45) is 45.1. The molecule has 3 aliphatic rings. The molecule has 3 heterocycles. The Labute approximate surface area is 558 Å². The van der Waals surface area contributed by atoms with Gasteiger partial charge in [0.25, 0.3) is 0 Å². The number of allylic oxidation sites excluding steroid dienone is 15. The van der Waals surface area contributed by atoms with Crippen LogP contribution in [0.25, 0.3) is 0 Å². The van der Waals surface area contributed by atoms with Crippen molar-refractivity contribution < 1.29 is 89.4 Å². The molecule has 0 aliphatic carbocycles. The number of ether oxygens (including phenoxy) is 6. The van der Waals surface area contributed by atoms with E-state index in [4.69, 9.17) is 28.4 Å². The van der Waals surface area contributed by atoms with E-state index in [1.165, 1.54) is 103 Å². The minimum Gasteiger partial charge on any atom is -0.394 e. The molecule has 12 N–H and O–H groups in total. The monoisotopic (exact) mass is 1320 g/mol. The van der Waals surface area contributed by atoms with Gasteiger partial charge >= 0.3 is 0 Å². The third kappa shape index (κ3) is 36.2. The third-order valence-corrected chi connectivity index (χ3v) is 17.4. The number of amides is 1. The van der Waals surface area contributed by atoms with E-state index in [2.05, 4.69) is 104 Å². The summed E-state index contributed by atoms with van der Waals surface area (Å²) in [7, 11) is 0. The van der Waals surface area contributed by atoms with Crippen molar-refractivity contribution in [3.63, 3.8) is 0 Å². The Morgan fingerprint density at radius 2 is 0.742 bits per heavy atom. The predicted octanol–water partition coefficient (Wildman–Crippen LogP) is 10.0. The van der Waals surface area contributed by atoms with E-state index in [-0.39, 0.29) is 18.9 Å². The van der Waals surface area contributed by atoms with Crippen LogP contribution in [-0.2, 0) is 33.2 Å². The van der Waals surface area contributed by atoms with Gasteiger partial charge in [-0.1, -0.05) is 246 Å². The van der Waals surface area contributed by atoms with Gasteiger partial charge in [0.2, 0.25) is 5.91 Å². The lowest BCUT2D eigenvalue weighted by Crippen LogP contribution is -2.66. The molecule has 3 saturated heterocycles. The summed E-state index contributed by atoms with van der Waals surface area (Å²) in [4.78, 5) is 13.4. The van der Waals surface area contributed by atoms with Gasteiger partial charge in [-0.2, -0.15) is 0 Å². The first-order chi connectivity index (χ1) is 45.3. The number of hydrogen-bond acceptors (Lipinski definition) is 18. The lowest BCUT2D eigenvalue weighted by Gasteiger charge is -2.48. The van der Waals surface area contributed by atoms with Crippen LogP contribution in [0.3, 0.4) is 0 Å². The maximum atomic E-state index is 13.4. The molecule has 0 aromatic heterocycles. The largest absolute Gasteiger partial charge is 0.394 e. The summed E-state index contributed by atoms with van der Waals surface area (Å²) < 4.78 is 34.4. The minimum atomic E-state index is -1.98. The van der Waals surface area contributed by atoms with Crippen molar-refractivity contribution in [2.24, 2.45) is 0 Å². The van der Waals surface area contributed by atoms with Gasteiger partial charge < -0.3 is 89.9 Å². The molecule has 3 rings (SSSR count). The Kier molecular flexibility index (Phi) is 49.4. The number of hydrogen-bond donors (Lipinski definition) is 12. The molecule has 0 aromatic carbocycles. The lowest BCUT2D eigenvalue weighted by atomic mass is 9.96. The van der Waals surface area contributed by atoms with Gasteiger partial charge in [-0.25, -0.2) is 0 Å². The second-order valence-corrected chi connectivity index (χ2v) is 25.3. The SMILES string of the molecule is CC/C=C\C/C=C\C/C=C\C/C=C\C/C=C\C/C=C\C/C=C\CCCCCCCCCCCC(=O)NC(COC1OC(CO)C(OC2OC(CO)C(OC3OC(CO)C(O)C(O)C3O)C(O)C2O)C(O)C1O)C(O)/C=C/CCCCCCCCCCCCCCCCC. The highest BCUT2D eigenvalue weighted by atomic mass is 16.8. The number of unbranched alkanes of at least 4 members (excludes halogenated alkanes) is 24. The highest BCUT2D eigenvalue weighted by molar-refractivity contribution is 5.76. The van der Waals surface area contributed by atoms with Crippen molar-refractivity contribution >= 4 is 5.91 Å². The van der Waals surface area contributed by atoms with E-state index in [0.29, 0.717) is 6.42 Å². The van der Waals surface area contributed by atoms with Crippen molar-refractivity contribution in [2.75, 3.05) is 26.4 Å². The first kappa shape index (κ1) is 83.9. The van der Waals surface area contributed by atoms with Gasteiger partial charge in [0, 0.05) is 6.42 Å². The highest BCUT2D eigenvalue weighted by Crippen LogP contribution is 2.33. The van der Waals surface area contributed by atoms with E-state index >= 15 is 0 Å². The fourth-order valence-electron chi connectivity index (χ4n) is 11.6. The first-order valence-corrected chi connectivity index (χ1v) is 36.0. The maximum Gasteiger partial charge on any atom is 0.220 e. The summed E-state index contributed by atoms with van der Waals surface area (Å²) in [6, 6.07) is -0.983. The maximum absolute atomic E-state index is 13.4. The van der Waals surface area contributed by atoms with Gasteiger partial charge in [0.05, 0.1) is 38.6 Å². The van der Waals surface area contributed by atoms with Crippen LogP contribution < -0.4 is 5.32 Å². The van der Waals surface area contributed by atoms with E-state index in [9.17, 15) is 61.0 Å².